The maximum Gasteiger partial charge on any atom is 0.250 e. The lowest BCUT2D eigenvalue weighted by molar-refractivity contribution is -0.310. The van der Waals surface area contributed by atoms with Gasteiger partial charge in [0.05, 0.1) is 36.9 Å². The molecule has 1 saturated carbocycles. The van der Waals surface area contributed by atoms with Crippen molar-refractivity contribution < 1.29 is 49.3 Å². The van der Waals surface area contributed by atoms with Gasteiger partial charge in [-0.15, -0.1) is 0 Å². The van der Waals surface area contributed by atoms with E-state index < -0.39 is 84.4 Å². The highest BCUT2D eigenvalue weighted by Gasteiger charge is 2.52. The average molecular weight is 666 g/mol. The molecule has 1 amide bonds. The van der Waals surface area contributed by atoms with Crippen LogP contribution in [0.5, 0.6) is 0 Å². The van der Waals surface area contributed by atoms with Gasteiger partial charge in [-0.25, -0.2) is 0 Å². The molecular weight excluding hydrogens is 606 g/mol. The summed E-state index contributed by atoms with van der Waals surface area (Å²) in [6.45, 7) is 5.59. The predicted molar refractivity (Wildman–Crippen MR) is 167 cm³/mol. The Bertz CT molecular complexity index is 952. The van der Waals surface area contributed by atoms with E-state index in [0.29, 0.717) is 25.8 Å². The second-order valence-corrected chi connectivity index (χ2v) is 13.5. The van der Waals surface area contributed by atoms with Gasteiger partial charge in [0.25, 0.3) is 0 Å². The van der Waals surface area contributed by atoms with E-state index in [0.717, 1.165) is 0 Å². The van der Waals surface area contributed by atoms with E-state index in [9.17, 15) is 30.3 Å². The van der Waals surface area contributed by atoms with Crippen LogP contribution in [-0.2, 0) is 23.7 Å². The Hall–Kier alpha value is -1.13. The summed E-state index contributed by atoms with van der Waals surface area (Å²) in [4.78, 5) is 12.7. The summed E-state index contributed by atoms with van der Waals surface area (Å²) < 4.78 is 24.8. The number of aliphatic hydroxyl groups is 5. The maximum absolute atomic E-state index is 12.7. The molecule has 0 aromatic carbocycles. The minimum Gasteiger partial charge on any atom is -0.392 e. The Balaban J connectivity index is 1.87. The van der Waals surface area contributed by atoms with Gasteiger partial charge in [0.1, 0.15) is 36.1 Å². The number of rotatable bonds is 15. The van der Waals surface area contributed by atoms with Crippen LogP contribution in [0.3, 0.4) is 0 Å². The molecule has 17 heteroatoms. The van der Waals surface area contributed by atoms with Crippen molar-refractivity contribution in [1.29, 1.82) is 0 Å². The minimum atomic E-state index is -1.51. The molecule has 15 N–H and O–H groups in total. The molecule has 0 aromatic heterocycles. The minimum absolute atomic E-state index is 0.0525. The fraction of sp³-hybridized carbons (Fsp3) is 0.966. The van der Waals surface area contributed by atoms with Gasteiger partial charge in [0.2, 0.25) is 5.91 Å². The zero-order chi connectivity index (χ0) is 34.4. The lowest BCUT2D eigenvalue weighted by atomic mass is 9.83. The number of ether oxygens (including phenoxy) is 4. The van der Waals surface area contributed by atoms with Crippen molar-refractivity contribution in [2.45, 2.75) is 137 Å². The van der Waals surface area contributed by atoms with Gasteiger partial charge < -0.3 is 82.9 Å². The molecular formula is C29H59N7O10. The third kappa shape index (κ3) is 9.52. The van der Waals surface area contributed by atoms with E-state index in [-0.39, 0.29) is 38.3 Å². The van der Waals surface area contributed by atoms with Crippen molar-refractivity contribution in [3.05, 3.63) is 0 Å². The highest BCUT2D eigenvalue weighted by atomic mass is 16.7. The summed E-state index contributed by atoms with van der Waals surface area (Å²) in [5, 5.41) is 66.0. The molecule has 46 heavy (non-hydrogen) atoms. The molecule has 3 aliphatic rings. The molecule has 14 atom stereocenters. The van der Waals surface area contributed by atoms with Crippen LogP contribution in [-0.4, -0.2) is 162 Å². The van der Waals surface area contributed by atoms with Gasteiger partial charge >= 0.3 is 0 Å². The topological polar surface area (TPSA) is 281 Å². The van der Waals surface area contributed by atoms with Gasteiger partial charge in [-0.05, 0) is 67.1 Å². The molecule has 2 aliphatic heterocycles. The predicted octanol–water partition coefficient (Wildman–Crippen LogP) is -5.12. The van der Waals surface area contributed by atoms with Crippen LogP contribution < -0.4 is 38.5 Å². The Morgan fingerprint density at radius 2 is 1.74 bits per heavy atom. The van der Waals surface area contributed by atoms with E-state index in [2.05, 4.69) is 21.3 Å². The first-order valence-electron chi connectivity index (χ1n) is 16.2. The van der Waals surface area contributed by atoms with Crippen molar-refractivity contribution in [2.75, 3.05) is 40.3 Å². The van der Waals surface area contributed by atoms with E-state index in [1.807, 2.05) is 20.9 Å². The fourth-order valence-corrected chi connectivity index (χ4v) is 6.39. The molecule has 2 unspecified atom stereocenters. The summed E-state index contributed by atoms with van der Waals surface area (Å²) in [5.74, 6) is -0.783. The maximum atomic E-state index is 12.7. The molecule has 17 nitrogen and oxygen atoms in total. The lowest BCUT2D eigenvalue weighted by Gasteiger charge is -2.50. The van der Waals surface area contributed by atoms with E-state index in [4.69, 9.17) is 36.1 Å². The zero-order valence-corrected chi connectivity index (χ0v) is 27.7. The number of hydrogen-bond acceptors (Lipinski definition) is 16. The highest BCUT2D eigenvalue weighted by Crippen LogP contribution is 2.34. The number of hydrogen-bond donors (Lipinski definition) is 12. The molecule has 0 bridgehead atoms. The van der Waals surface area contributed by atoms with E-state index in [1.165, 1.54) is 6.92 Å². The molecule has 1 aliphatic carbocycles. The van der Waals surface area contributed by atoms with Crippen molar-refractivity contribution in [3.63, 3.8) is 0 Å². The average Bonchev–Trinajstić information content (AvgIpc) is 3.00. The van der Waals surface area contributed by atoms with Crippen LogP contribution in [0.2, 0.25) is 0 Å². The van der Waals surface area contributed by atoms with Crippen LogP contribution >= 0.6 is 0 Å². The standard InChI is InChI=1S/C29H59N7O10/c1-28(2,34-5)19-7-6-16(35-12-14(37)8-9-30)26(44-19)45-22-15(32)10-17(36-25(41)18(38)11-31)23(20(22)39)46-27-21(40)24(33-4)29(3,42)13-43-27/h14-24,26-27,33-35,37-40,42H,6-13,30-32H2,1-5H3,(H,36,41)/t14?,15-,16+,17+,18?,19-,20-,21+,22+,23-,24+,26+,27+,29-/m0/s1. The van der Waals surface area contributed by atoms with Gasteiger partial charge in [0, 0.05) is 24.7 Å². The highest BCUT2D eigenvalue weighted by molar-refractivity contribution is 5.81. The first-order valence-corrected chi connectivity index (χ1v) is 16.2. The van der Waals surface area contributed by atoms with Crippen molar-refractivity contribution in [3.8, 4) is 0 Å². The molecule has 2 saturated heterocycles. The van der Waals surface area contributed by atoms with Crippen LogP contribution in [0.15, 0.2) is 0 Å². The molecule has 3 rings (SSSR count). The molecule has 0 spiro atoms. The van der Waals surface area contributed by atoms with Crippen molar-refractivity contribution in [2.24, 2.45) is 17.2 Å². The van der Waals surface area contributed by atoms with Crippen molar-refractivity contribution >= 4 is 5.91 Å². The first kappa shape index (κ1) is 39.3. The van der Waals surface area contributed by atoms with Crippen LogP contribution in [0.1, 0.15) is 46.5 Å². The lowest BCUT2D eigenvalue weighted by Crippen LogP contribution is -2.70. The third-order valence-corrected chi connectivity index (χ3v) is 9.53. The summed E-state index contributed by atoms with van der Waals surface area (Å²) in [6.07, 6.45) is -7.99. The molecule has 270 valence electrons. The first-order chi connectivity index (χ1) is 21.6. The van der Waals surface area contributed by atoms with Crippen LogP contribution in [0.4, 0.5) is 0 Å². The number of nitrogens with two attached hydrogens (primary N) is 3. The van der Waals surface area contributed by atoms with Gasteiger partial charge in [-0.2, -0.15) is 0 Å². The Morgan fingerprint density at radius 3 is 2.35 bits per heavy atom. The summed E-state index contributed by atoms with van der Waals surface area (Å²) in [6, 6.07) is -2.97. The van der Waals surface area contributed by atoms with Gasteiger partial charge in [-0.3, -0.25) is 4.79 Å². The second kappa shape index (κ2) is 17.0. The second-order valence-electron chi connectivity index (χ2n) is 13.5. The molecule has 3 fully saturated rings. The molecule has 0 radical (unpaired) electrons. The van der Waals surface area contributed by atoms with Crippen LogP contribution in [0, 0.1) is 0 Å². The fourth-order valence-electron chi connectivity index (χ4n) is 6.39. The number of amides is 1. The van der Waals surface area contributed by atoms with E-state index >= 15 is 0 Å². The Kier molecular flexibility index (Phi) is 14.5. The summed E-state index contributed by atoms with van der Waals surface area (Å²) >= 11 is 0. The number of carbonyl (C=O) groups excluding carboxylic acids is 1. The summed E-state index contributed by atoms with van der Waals surface area (Å²) in [5.41, 5.74) is 15.8. The van der Waals surface area contributed by atoms with Crippen molar-refractivity contribution in [1.82, 2.24) is 21.3 Å². The number of carbonyl (C=O) groups is 1. The van der Waals surface area contributed by atoms with Crippen LogP contribution in [0.25, 0.3) is 0 Å². The normalized spacial score (nSPS) is 40.3. The van der Waals surface area contributed by atoms with Gasteiger partial charge in [0.15, 0.2) is 12.6 Å². The Morgan fingerprint density at radius 1 is 1.07 bits per heavy atom. The smallest absolute Gasteiger partial charge is 0.250 e. The third-order valence-electron chi connectivity index (χ3n) is 9.53. The monoisotopic (exact) mass is 665 g/mol. The molecule has 0 aromatic rings. The largest absolute Gasteiger partial charge is 0.392 e. The molecule has 2 heterocycles. The quantitative estimate of drug-likeness (QED) is 0.0779. The Labute approximate surface area is 271 Å². The number of likely N-dealkylation sites (N-methyl/N-ethyl adjacent to an activating group) is 2. The van der Waals surface area contributed by atoms with E-state index in [1.54, 1.807) is 7.05 Å². The number of aliphatic hydroxyl groups excluding tert-OH is 4. The SMILES string of the molecule is CN[C@@H]1[C@@H](O)[C@@H](O[C@@H]2[C@@H](O)[C@H](O[C@H]3O[C@H](C(C)(C)NC)CC[C@H]3NCC(O)CCN)[C@@H](N)C[C@H]2NC(=O)C(O)CN)OC[C@]1(C)O. The van der Waals surface area contributed by atoms with Gasteiger partial charge in [-0.1, -0.05) is 0 Å². The number of nitrogens with one attached hydrogen (secondary N) is 4. The summed E-state index contributed by atoms with van der Waals surface area (Å²) in [7, 11) is 3.41. The zero-order valence-electron chi connectivity index (χ0n) is 27.7.